The summed E-state index contributed by atoms with van der Waals surface area (Å²) in [5.41, 5.74) is 0.900. The van der Waals surface area contributed by atoms with E-state index in [0.717, 1.165) is 0 Å². The van der Waals surface area contributed by atoms with E-state index in [-0.39, 0.29) is 25.5 Å². The quantitative estimate of drug-likeness (QED) is 0.575. The number of halogens is 3. The van der Waals surface area contributed by atoms with E-state index in [2.05, 4.69) is 15.3 Å². The maximum Gasteiger partial charge on any atom is 0.296 e. The van der Waals surface area contributed by atoms with Crippen LogP contribution < -0.4 is 24.3 Å². The second-order valence-corrected chi connectivity index (χ2v) is 8.32. The molecule has 1 saturated heterocycles. The first-order valence-corrected chi connectivity index (χ1v) is 10.6. The van der Waals surface area contributed by atoms with Gasteiger partial charge >= 0.3 is 0 Å². The topological polar surface area (TPSA) is 78.0 Å². The Morgan fingerprint density at radius 1 is 1.24 bits per heavy atom. The third-order valence-electron chi connectivity index (χ3n) is 5.64. The van der Waals surface area contributed by atoms with Gasteiger partial charge in [0.2, 0.25) is 6.79 Å². The zero-order chi connectivity index (χ0) is 23.2. The molecule has 3 aromatic rings. The van der Waals surface area contributed by atoms with E-state index in [4.69, 9.17) is 30.5 Å². The van der Waals surface area contributed by atoms with Crippen molar-refractivity contribution in [2.75, 3.05) is 39.4 Å². The Bertz CT molecular complexity index is 1210. The van der Waals surface area contributed by atoms with Crippen LogP contribution in [0.5, 0.6) is 23.0 Å². The van der Waals surface area contributed by atoms with Crippen molar-refractivity contribution in [3.05, 3.63) is 35.6 Å². The monoisotopic (exact) mass is 478 g/mol. The number of hydrogen-bond acceptors (Lipinski definition) is 8. The summed E-state index contributed by atoms with van der Waals surface area (Å²) in [6, 6.07) is 6.61. The first-order chi connectivity index (χ1) is 15.9. The highest BCUT2D eigenvalue weighted by molar-refractivity contribution is 6.34. The van der Waals surface area contributed by atoms with E-state index in [0.29, 0.717) is 51.2 Å². The molecule has 0 saturated carbocycles. The van der Waals surface area contributed by atoms with Crippen molar-refractivity contribution in [1.29, 1.82) is 0 Å². The molecule has 0 spiro atoms. The first-order valence-electron chi connectivity index (χ1n) is 10.3. The number of methoxy groups -OCH3 is 1. The fourth-order valence-electron chi connectivity index (χ4n) is 4.01. The fourth-order valence-corrected chi connectivity index (χ4v) is 4.20. The minimum atomic E-state index is -3.03. The average Bonchev–Trinajstić information content (AvgIpc) is 3.26. The summed E-state index contributed by atoms with van der Waals surface area (Å²) >= 11 is 6.41. The van der Waals surface area contributed by atoms with Crippen molar-refractivity contribution in [3.8, 4) is 23.0 Å². The van der Waals surface area contributed by atoms with Crippen molar-refractivity contribution in [1.82, 2.24) is 14.9 Å². The standard InChI is InChI=1S/C22H21ClF2N4O4/c1-29-6-5-17(22(24,25)9-29)33-16-8-12(30-2)7-14-18(16)21(27-10-26-14)28-19-13(23)3-4-15-20(19)32-11-31-15/h3-4,7-8,10,17H,5-6,9,11H2,1-2H3,(H,26,27,28). The summed E-state index contributed by atoms with van der Waals surface area (Å²) in [5.74, 6) is -1.13. The van der Waals surface area contributed by atoms with Gasteiger partial charge in [0.05, 0.1) is 29.6 Å². The Morgan fingerprint density at radius 3 is 2.88 bits per heavy atom. The van der Waals surface area contributed by atoms with Gasteiger partial charge < -0.3 is 29.2 Å². The lowest BCUT2D eigenvalue weighted by Gasteiger charge is -2.36. The maximum absolute atomic E-state index is 14.7. The van der Waals surface area contributed by atoms with Gasteiger partial charge in [-0.2, -0.15) is 0 Å². The Morgan fingerprint density at radius 2 is 2.09 bits per heavy atom. The highest BCUT2D eigenvalue weighted by Crippen LogP contribution is 2.46. The highest BCUT2D eigenvalue weighted by atomic mass is 35.5. The van der Waals surface area contributed by atoms with E-state index in [1.807, 2.05) is 0 Å². The zero-order valence-corrected chi connectivity index (χ0v) is 18.7. The molecule has 1 fully saturated rings. The molecule has 5 rings (SSSR count). The van der Waals surface area contributed by atoms with Crippen molar-refractivity contribution in [3.63, 3.8) is 0 Å². The van der Waals surface area contributed by atoms with Crippen LogP contribution in [0.25, 0.3) is 10.9 Å². The molecule has 2 aliphatic rings. The molecule has 1 unspecified atom stereocenters. The average molecular weight is 479 g/mol. The molecule has 2 aromatic carbocycles. The largest absolute Gasteiger partial charge is 0.497 e. The number of aromatic nitrogens is 2. The molecule has 0 radical (unpaired) electrons. The van der Waals surface area contributed by atoms with Gasteiger partial charge in [-0.1, -0.05) is 11.6 Å². The summed E-state index contributed by atoms with van der Waals surface area (Å²) in [6.07, 6.45) is 0.215. The summed E-state index contributed by atoms with van der Waals surface area (Å²) in [4.78, 5) is 10.2. The molecule has 1 atom stereocenters. The number of likely N-dealkylation sites (tertiary alicyclic amines) is 1. The second-order valence-electron chi connectivity index (χ2n) is 7.92. The molecule has 1 aromatic heterocycles. The van der Waals surface area contributed by atoms with E-state index < -0.39 is 12.0 Å². The van der Waals surface area contributed by atoms with Crippen LogP contribution in [-0.4, -0.2) is 60.9 Å². The van der Waals surface area contributed by atoms with E-state index in [1.165, 1.54) is 13.4 Å². The number of benzene rings is 2. The number of nitrogens with one attached hydrogen (secondary N) is 1. The number of nitrogens with zero attached hydrogens (tertiary/aromatic N) is 3. The van der Waals surface area contributed by atoms with Crippen LogP contribution in [-0.2, 0) is 0 Å². The molecule has 3 heterocycles. The van der Waals surface area contributed by atoms with E-state index in [1.54, 1.807) is 36.2 Å². The number of piperidine rings is 1. The number of anilines is 2. The van der Waals surface area contributed by atoms with Crippen molar-refractivity contribution < 1.29 is 27.7 Å². The van der Waals surface area contributed by atoms with E-state index >= 15 is 0 Å². The summed E-state index contributed by atoms with van der Waals surface area (Å²) in [5, 5.41) is 3.95. The molecular weight excluding hydrogens is 458 g/mol. The Balaban J connectivity index is 1.59. The Hall–Kier alpha value is -3.11. The smallest absolute Gasteiger partial charge is 0.296 e. The molecule has 0 amide bonds. The molecule has 33 heavy (non-hydrogen) atoms. The van der Waals surface area contributed by atoms with Gasteiger partial charge in [0.15, 0.2) is 17.6 Å². The molecule has 1 N–H and O–H groups in total. The number of fused-ring (bicyclic) bond motifs is 2. The van der Waals surface area contributed by atoms with Gasteiger partial charge in [0.25, 0.3) is 5.92 Å². The van der Waals surface area contributed by atoms with Crippen LogP contribution in [0.3, 0.4) is 0 Å². The summed E-state index contributed by atoms with van der Waals surface area (Å²) < 4.78 is 51.7. The molecule has 174 valence electrons. The van der Waals surface area contributed by atoms with Gasteiger partial charge in [0.1, 0.15) is 29.3 Å². The molecule has 0 bridgehead atoms. The molecule has 0 aliphatic carbocycles. The summed E-state index contributed by atoms with van der Waals surface area (Å²) in [7, 11) is 3.15. The molecule has 2 aliphatic heterocycles. The zero-order valence-electron chi connectivity index (χ0n) is 17.9. The second kappa shape index (κ2) is 8.35. The number of hydrogen-bond donors (Lipinski definition) is 1. The van der Waals surface area contributed by atoms with Crippen LogP contribution in [0.4, 0.5) is 20.3 Å². The molecular formula is C22H21ClF2N4O4. The number of ether oxygens (including phenoxy) is 4. The Kier molecular flexibility index (Phi) is 5.49. The lowest BCUT2D eigenvalue weighted by molar-refractivity contribution is -0.134. The van der Waals surface area contributed by atoms with Crippen LogP contribution >= 0.6 is 11.6 Å². The first kappa shape index (κ1) is 21.7. The number of alkyl halides is 2. The third kappa shape index (κ3) is 4.04. The van der Waals surface area contributed by atoms with Gasteiger partial charge in [-0.05, 0) is 19.2 Å². The predicted octanol–water partition coefficient (Wildman–Crippen LogP) is 4.48. The van der Waals surface area contributed by atoms with Gasteiger partial charge in [-0.3, -0.25) is 0 Å². The molecule has 11 heteroatoms. The summed E-state index contributed by atoms with van der Waals surface area (Å²) in [6.45, 7) is 0.169. The van der Waals surface area contributed by atoms with Crippen LogP contribution in [0.15, 0.2) is 30.6 Å². The minimum Gasteiger partial charge on any atom is -0.497 e. The van der Waals surface area contributed by atoms with Crippen LogP contribution in [0, 0.1) is 0 Å². The van der Waals surface area contributed by atoms with E-state index in [9.17, 15) is 8.78 Å². The van der Waals surface area contributed by atoms with Crippen LogP contribution in [0.1, 0.15) is 6.42 Å². The number of rotatable bonds is 5. The maximum atomic E-state index is 14.7. The Labute approximate surface area is 193 Å². The van der Waals surface area contributed by atoms with Crippen molar-refractivity contribution in [2.24, 2.45) is 0 Å². The van der Waals surface area contributed by atoms with Crippen LogP contribution in [0.2, 0.25) is 5.02 Å². The lowest BCUT2D eigenvalue weighted by atomic mass is 10.0. The van der Waals surface area contributed by atoms with Gasteiger partial charge in [0, 0.05) is 25.1 Å². The SMILES string of the molecule is COc1cc(OC2CCN(C)CC2(F)F)c2c(Nc3c(Cl)ccc4c3OCO4)ncnc2c1. The van der Waals surface area contributed by atoms with Gasteiger partial charge in [-0.25, -0.2) is 18.7 Å². The highest BCUT2D eigenvalue weighted by Gasteiger charge is 2.45. The predicted molar refractivity (Wildman–Crippen MR) is 118 cm³/mol. The molecule has 8 nitrogen and oxygen atoms in total. The normalized spacial score (nSPS) is 19.5. The third-order valence-corrected chi connectivity index (χ3v) is 5.95. The van der Waals surface area contributed by atoms with Gasteiger partial charge in [-0.15, -0.1) is 0 Å². The fraction of sp³-hybridized carbons (Fsp3) is 0.364. The van der Waals surface area contributed by atoms with Crippen molar-refractivity contribution in [2.45, 2.75) is 18.4 Å². The lowest BCUT2D eigenvalue weighted by Crippen LogP contribution is -2.52. The minimum absolute atomic E-state index is 0.0612. The van der Waals surface area contributed by atoms with Crippen molar-refractivity contribution >= 4 is 34.0 Å².